The molecule has 0 unspecified atom stereocenters. The maximum absolute atomic E-state index is 12.4. The molecule has 0 spiro atoms. The van der Waals surface area contributed by atoms with E-state index < -0.39 is 0 Å². The molecule has 2 heterocycles. The second-order valence-electron chi connectivity index (χ2n) is 7.28. The Labute approximate surface area is 161 Å². The number of hydrogen-bond acceptors (Lipinski definition) is 3. The first kappa shape index (κ1) is 20.4. The van der Waals surface area contributed by atoms with Gasteiger partial charge in [-0.2, -0.15) is 5.26 Å². The Hall–Kier alpha value is -2.87. The van der Waals surface area contributed by atoms with Gasteiger partial charge in [0.2, 0.25) is 0 Å². The number of aryl methyl sites for hydroxylation is 2. The summed E-state index contributed by atoms with van der Waals surface area (Å²) in [5.74, 6) is 0.244. The van der Waals surface area contributed by atoms with Crippen LogP contribution >= 0.6 is 0 Å². The number of nitriles is 1. The summed E-state index contributed by atoms with van der Waals surface area (Å²) in [6, 6.07) is 9.71. The molecule has 0 radical (unpaired) electrons. The highest BCUT2D eigenvalue weighted by atomic mass is 16.1. The van der Waals surface area contributed by atoms with Crippen molar-refractivity contribution in [1.82, 2.24) is 14.9 Å². The third-order valence-electron chi connectivity index (χ3n) is 4.58. The van der Waals surface area contributed by atoms with Gasteiger partial charge in [0.05, 0.1) is 12.2 Å². The molecule has 142 valence electrons. The largest absolute Gasteiger partial charge is 0.349 e. The minimum Gasteiger partial charge on any atom is -0.349 e. The first-order valence-electron chi connectivity index (χ1n) is 9.31. The number of carbonyl (C=O) groups excluding carboxylic acids is 1. The number of carbonyl (C=O) groups is 1. The molecule has 2 aromatic rings. The Kier molecular flexibility index (Phi) is 6.95. The van der Waals surface area contributed by atoms with Crippen LogP contribution in [0.1, 0.15) is 48.6 Å². The lowest BCUT2D eigenvalue weighted by Gasteiger charge is -2.11. The molecule has 0 aliphatic rings. The molecule has 0 aliphatic carbocycles. The van der Waals surface area contributed by atoms with E-state index in [0.717, 1.165) is 41.3 Å². The predicted molar refractivity (Wildman–Crippen MR) is 108 cm³/mol. The van der Waals surface area contributed by atoms with Gasteiger partial charge in [-0.3, -0.25) is 9.78 Å². The molecule has 2 aromatic heterocycles. The fourth-order valence-corrected chi connectivity index (χ4v) is 2.97. The number of aromatic nitrogens is 2. The van der Waals surface area contributed by atoms with E-state index in [-0.39, 0.29) is 11.5 Å². The summed E-state index contributed by atoms with van der Waals surface area (Å²) in [6.07, 6.45) is 2.77. The minimum absolute atomic E-state index is 0.103. The van der Waals surface area contributed by atoms with Crippen molar-refractivity contribution >= 4 is 12.0 Å². The van der Waals surface area contributed by atoms with E-state index in [9.17, 15) is 10.1 Å². The number of hydrogen-bond donors (Lipinski definition) is 1. The van der Waals surface area contributed by atoms with Gasteiger partial charge in [-0.15, -0.1) is 0 Å². The Balaban J connectivity index is 2.14. The number of rotatable bonds is 7. The summed E-state index contributed by atoms with van der Waals surface area (Å²) < 4.78 is 2.25. The van der Waals surface area contributed by atoms with Crippen molar-refractivity contribution in [3.8, 4) is 6.07 Å². The quantitative estimate of drug-likeness (QED) is 0.594. The van der Waals surface area contributed by atoms with Gasteiger partial charge in [0, 0.05) is 23.6 Å². The molecule has 0 saturated heterocycles. The van der Waals surface area contributed by atoms with E-state index in [0.29, 0.717) is 12.5 Å². The third kappa shape index (κ3) is 5.55. The third-order valence-corrected chi connectivity index (χ3v) is 4.58. The summed E-state index contributed by atoms with van der Waals surface area (Å²) in [4.78, 5) is 16.8. The molecule has 0 saturated carbocycles. The Morgan fingerprint density at radius 3 is 2.70 bits per heavy atom. The van der Waals surface area contributed by atoms with E-state index >= 15 is 0 Å². The van der Waals surface area contributed by atoms with E-state index in [4.69, 9.17) is 0 Å². The standard InChI is InChI=1S/C22H28N4O/c1-15(2)9-10-26-17(4)11-19(18(26)5)12-20(13-23)22(27)24-14-21-8-6-7-16(3)25-21/h6-8,11-12,15H,9-10,14H2,1-5H3,(H,24,27)/b20-12-. The molecule has 0 fully saturated rings. The summed E-state index contributed by atoms with van der Waals surface area (Å²) in [5.41, 5.74) is 4.90. The summed E-state index contributed by atoms with van der Waals surface area (Å²) in [7, 11) is 0. The van der Waals surface area contributed by atoms with Crippen LogP contribution in [0.4, 0.5) is 0 Å². The molecule has 27 heavy (non-hydrogen) atoms. The Bertz CT molecular complexity index is 884. The van der Waals surface area contributed by atoms with Crippen molar-refractivity contribution in [3.63, 3.8) is 0 Å². The maximum Gasteiger partial charge on any atom is 0.262 e. The van der Waals surface area contributed by atoms with Crippen LogP contribution in [0.5, 0.6) is 0 Å². The molecule has 0 atom stereocenters. The lowest BCUT2D eigenvalue weighted by atomic mass is 10.1. The van der Waals surface area contributed by atoms with Crippen LogP contribution in [-0.2, 0) is 17.9 Å². The summed E-state index contributed by atoms with van der Waals surface area (Å²) in [5, 5.41) is 12.2. The van der Waals surface area contributed by atoms with Gasteiger partial charge in [0.25, 0.3) is 5.91 Å². The van der Waals surface area contributed by atoms with Gasteiger partial charge in [-0.1, -0.05) is 19.9 Å². The normalized spacial score (nSPS) is 11.5. The number of nitrogens with zero attached hydrogens (tertiary/aromatic N) is 3. The molecule has 0 aromatic carbocycles. The molecular formula is C22H28N4O. The van der Waals surface area contributed by atoms with Crippen molar-refractivity contribution in [2.75, 3.05) is 0 Å². The SMILES string of the molecule is Cc1cccc(CNC(=O)/C(C#N)=C\c2cc(C)n(CCC(C)C)c2C)n1. The molecule has 1 amide bonds. The van der Waals surface area contributed by atoms with Gasteiger partial charge < -0.3 is 9.88 Å². The number of amides is 1. The predicted octanol–water partition coefficient (Wildman–Crippen LogP) is 4.08. The highest BCUT2D eigenvalue weighted by Gasteiger charge is 2.13. The van der Waals surface area contributed by atoms with Gasteiger partial charge in [0.1, 0.15) is 11.6 Å². The molecule has 1 N–H and O–H groups in total. The zero-order chi connectivity index (χ0) is 20.0. The van der Waals surface area contributed by atoms with Crippen LogP contribution in [0.2, 0.25) is 0 Å². The van der Waals surface area contributed by atoms with Gasteiger partial charge >= 0.3 is 0 Å². The van der Waals surface area contributed by atoms with Crippen LogP contribution in [0, 0.1) is 38.0 Å². The molecule has 2 rings (SSSR count). The van der Waals surface area contributed by atoms with Gasteiger partial charge in [-0.05, 0) is 62.9 Å². The number of nitrogens with one attached hydrogen (secondary N) is 1. The fourth-order valence-electron chi connectivity index (χ4n) is 2.97. The van der Waals surface area contributed by atoms with Crippen molar-refractivity contribution < 1.29 is 4.79 Å². The highest BCUT2D eigenvalue weighted by Crippen LogP contribution is 2.19. The van der Waals surface area contributed by atoms with Crippen molar-refractivity contribution in [3.05, 3.63) is 58.2 Å². The highest BCUT2D eigenvalue weighted by molar-refractivity contribution is 6.01. The molecule has 5 nitrogen and oxygen atoms in total. The second-order valence-corrected chi connectivity index (χ2v) is 7.28. The second kappa shape index (κ2) is 9.18. The average molecular weight is 364 g/mol. The van der Waals surface area contributed by atoms with Crippen molar-refractivity contribution in [2.45, 2.75) is 54.1 Å². The van der Waals surface area contributed by atoms with E-state index in [1.54, 1.807) is 6.08 Å². The van der Waals surface area contributed by atoms with Gasteiger partial charge in [0.15, 0.2) is 0 Å². The van der Waals surface area contributed by atoms with Crippen LogP contribution in [0.25, 0.3) is 6.08 Å². The van der Waals surface area contributed by atoms with Gasteiger partial charge in [-0.25, -0.2) is 0 Å². The van der Waals surface area contributed by atoms with Crippen LogP contribution in [-0.4, -0.2) is 15.5 Å². The van der Waals surface area contributed by atoms with Crippen molar-refractivity contribution in [1.29, 1.82) is 5.26 Å². The smallest absolute Gasteiger partial charge is 0.262 e. The van der Waals surface area contributed by atoms with Crippen molar-refractivity contribution in [2.24, 2.45) is 5.92 Å². The first-order valence-corrected chi connectivity index (χ1v) is 9.31. The Morgan fingerprint density at radius 2 is 2.07 bits per heavy atom. The van der Waals surface area contributed by atoms with Crippen LogP contribution < -0.4 is 5.32 Å². The topological polar surface area (TPSA) is 70.7 Å². The minimum atomic E-state index is -0.382. The number of pyridine rings is 1. The zero-order valence-electron chi connectivity index (χ0n) is 16.8. The molecule has 5 heteroatoms. The Morgan fingerprint density at radius 1 is 1.33 bits per heavy atom. The molecule has 0 bridgehead atoms. The van der Waals surface area contributed by atoms with Crippen LogP contribution in [0.15, 0.2) is 29.8 Å². The summed E-state index contributed by atoms with van der Waals surface area (Å²) >= 11 is 0. The molecule has 0 aliphatic heterocycles. The first-order chi connectivity index (χ1) is 12.8. The molecular weight excluding hydrogens is 336 g/mol. The van der Waals surface area contributed by atoms with E-state index in [1.165, 1.54) is 0 Å². The maximum atomic E-state index is 12.4. The summed E-state index contributed by atoms with van der Waals surface area (Å²) in [6.45, 7) is 11.6. The van der Waals surface area contributed by atoms with E-state index in [2.05, 4.69) is 35.6 Å². The zero-order valence-corrected chi connectivity index (χ0v) is 16.8. The lowest BCUT2D eigenvalue weighted by molar-refractivity contribution is -0.117. The lowest BCUT2D eigenvalue weighted by Crippen LogP contribution is -2.24. The van der Waals surface area contributed by atoms with E-state index in [1.807, 2.05) is 44.2 Å². The fraction of sp³-hybridized carbons (Fsp3) is 0.409. The average Bonchev–Trinajstić information content (AvgIpc) is 2.89. The monoisotopic (exact) mass is 364 g/mol. The van der Waals surface area contributed by atoms with Crippen LogP contribution in [0.3, 0.4) is 0 Å².